The second-order valence-corrected chi connectivity index (χ2v) is 8.20. The van der Waals surface area contributed by atoms with Gasteiger partial charge in [0.15, 0.2) is 4.96 Å². The van der Waals surface area contributed by atoms with Crippen molar-refractivity contribution in [3.05, 3.63) is 77.1 Å². The van der Waals surface area contributed by atoms with Crippen molar-refractivity contribution in [2.24, 2.45) is 0 Å². The van der Waals surface area contributed by atoms with Crippen LogP contribution in [0.4, 0.5) is 10.2 Å². The number of carbonyl (C=O) groups is 3. The zero-order valence-electron chi connectivity index (χ0n) is 16.7. The summed E-state index contributed by atoms with van der Waals surface area (Å²) in [7, 11) is 0. The molecular formula is C23H17FN4O3S. The molecule has 0 atom stereocenters. The Labute approximate surface area is 186 Å². The number of imidazole rings is 1. The highest BCUT2D eigenvalue weighted by atomic mass is 32.1. The Morgan fingerprint density at radius 3 is 2.41 bits per heavy atom. The number of carbonyl (C=O) groups excluding carboxylic acids is 3. The van der Waals surface area contributed by atoms with Crippen LogP contribution in [0.5, 0.6) is 0 Å². The first-order chi connectivity index (χ1) is 15.5. The van der Waals surface area contributed by atoms with Gasteiger partial charge in [0.2, 0.25) is 5.91 Å². The molecule has 0 bridgehead atoms. The van der Waals surface area contributed by atoms with Gasteiger partial charge in [-0.05, 0) is 42.8 Å². The molecule has 5 rings (SSSR count). The first kappa shape index (κ1) is 20.1. The van der Waals surface area contributed by atoms with Crippen LogP contribution in [0.15, 0.2) is 60.1 Å². The molecular weight excluding hydrogens is 431 g/mol. The van der Waals surface area contributed by atoms with E-state index >= 15 is 0 Å². The lowest BCUT2D eigenvalue weighted by Gasteiger charge is -2.13. The maximum absolute atomic E-state index is 13.3. The summed E-state index contributed by atoms with van der Waals surface area (Å²) in [4.78, 5) is 44.0. The number of thiazole rings is 1. The van der Waals surface area contributed by atoms with Crippen molar-refractivity contribution in [2.45, 2.75) is 12.8 Å². The molecule has 160 valence electrons. The van der Waals surface area contributed by atoms with Crippen LogP contribution in [-0.4, -0.2) is 38.6 Å². The molecule has 3 amide bonds. The second-order valence-electron chi connectivity index (χ2n) is 7.33. The van der Waals surface area contributed by atoms with Crippen LogP contribution in [0, 0.1) is 5.82 Å². The van der Waals surface area contributed by atoms with Gasteiger partial charge in [0, 0.05) is 30.1 Å². The molecule has 2 aromatic carbocycles. The van der Waals surface area contributed by atoms with Crippen LogP contribution >= 0.6 is 11.3 Å². The summed E-state index contributed by atoms with van der Waals surface area (Å²) in [5.74, 6) is -0.786. The average Bonchev–Trinajstić information content (AvgIpc) is 3.45. The van der Waals surface area contributed by atoms with Gasteiger partial charge in [-0.3, -0.25) is 23.7 Å². The maximum Gasteiger partial charge on any atom is 0.261 e. The standard InChI is InChI=1S/C23H17FN4O3S/c24-15-9-7-14(8-10-15)19-20(27-12-13-32-23(27)26-19)25-18(29)6-3-11-28-21(30)16-4-1-2-5-17(16)22(28)31/h1-2,4-5,7-10,12-13H,3,6,11H2,(H,25,29). The van der Waals surface area contributed by atoms with Crippen LogP contribution in [0.25, 0.3) is 16.2 Å². The number of fused-ring (bicyclic) bond motifs is 2. The number of halogens is 1. The van der Waals surface area contributed by atoms with E-state index in [1.165, 1.54) is 28.4 Å². The van der Waals surface area contributed by atoms with Crippen LogP contribution in [0.1, 0.15) is 33.6 Å². The second kappa shape index (κ2) is 8.01. The van der Waals surface area contributed by atoms with Crippen LogP contribution in [-0.2, 0) is 4.79 Å². The molecule has 0 saturated carbocycles. The minimum absolute atomic E-state index is 0.119. The molecule has 2 aromatic heterocycles. The highest BCUT2D eigenvalue weighted by Crippen LogP contribution is 2.31. The number of hydrogen-bond donors (Lipinski definition) is 1. The Kier molecular flexibility index (Phi) is 5.02. The van der Waals surface area contributed by atoms with Crippen molar-refractivity contribution in [3.8, 4) is 11.3 Å². The van der Waals surface area contributed by atoms with E-state index < -0.39 is 0 Å². The molecule has 3 heterocycles. The third kappa shape index (κ3) is 3.46. The van der Waals surface area contributed by atoms with Gasteiger partial charge in [0.1, 0.15) is 17.3 Å². The van der Waals surface area contributed by atoms with E-state index in [2.05, 4.69) is 10.3 Å². The van der Waals surface area contributed by atoms with E-state index in [1.54, 1.807) is 47.0 Å². The van der Waals surface area contributed by atoms with Gasteiger partial charge in [0.25, 0.3) is 11.8 Å². The van der Waals surface area contributed by atoms with Crippen molar-refractivity contribution in [1.29, 1.82) is 0 Å². The average molecular weight is 448 g/mol. The van der Waals surface area contributed by atoms with Gasteiger partial charge in [-0.2, -0.15) is 0 Å². The summed E-state index contributed by atoms with van der Waals surface area (Å²) >= 11 is 1.42. The summed E-state index contributed by atoms with van der Waals surface area (Å²) < 4.78 is 15.1. The van der Waals surface area contributed by atoms with Gasteiger partial charge in [-0.15, -0.1) is 11.3 Å². The van der Waals surface area contributed by atoms with E-state index in [-0.39, 0.29) is 36.5 Å². The Morgan fingerprint density at radius 2 is 1.72 bits per heavy atom. The third-order valence-corrected chi connectivity index (χ3v) is 6.06. The zero-order chi connectivity index (χ0) is 22.2. The van der Waals surface area contributed by atoms with E-state index in [0.29, 0.717) is 39.6 Å². The fraction of sp³-hybridized carbons (Fsp3) is 0.130. The van der Waals surface area contributed by atoms with E-state index in [1.807, 2.05) is 5.38 Å². The van der Waals surface area contributed by atoms with E-state index in [0.717, 1.165) is 0 Å². The Hall–Kier alpha value is -3.85. The lowest BCUT2D eigenvalue weighted by atomic mass is 10.1. The molecule has 0 fully saturated rings. The van der Waals surface area contributed by atoms with Gasteiger partial charge < -0.3 is 5.32 Å². The van der Waals surface area contributed by atoms with Crippen LogP contribution in [0.2, 0.25) is 0 Å². The summed E-state index contributed by atoms with van der Waals surface area (Å²) in [5.41, 5.74) is 2.02. The molecule has 1 aliphatic heterocycles. The quantitative estimate of drug-likeness (QED) is 0.448. The number of benzene rings is 2. The fourth-order valence-corrected chi connectivity index (χ4v) is 4.46. The number of anilines is 1. The molecule has 9 heteroatoms. The van der Waals surface area contributed by atoms with Crippen molar-refractivity contribution in [3.63, 3.8) is 0 Å². The van der Waals surface area contributed by atoms with Gasteiger partial charge >= 0.3 is 0 Å². The topological polar surface area (TPSA) is 83.8 Å². The summed E-state index contributed by atoms with van der Waals surface area (Å²) in [6.07, 6.45) is 2.25. The SMILES string of the molecule is O=C(CCCN1C(=O)c2ccccc2C1=O)Nc1c(-c2ccc(F)cc2)nc2sccn12. The largest absolute Gasteiger partial charge is 0.310 e. The van der Waals surface area contributed by atoms with Crippen molar-refractivity contribution in [2.75, 3.05) is 11.9 Å². The highest BCUT2D eigenvalue weighted by Gasteiger charge is 2.34. The molecule has 1 aliphatic rings. The minimum Gasteiger partial charge on any atom is -0.310 e. The summed E-state index contributed by atoms with van der Waals surface area (Å²) in [5, 5.41) is 4.74. The Morgan fingerprint density at radius 1 is 1.03 bits per heavy atom. The number of imide groups is 1. The summed E-state index contributed by atoms with van der Waals surface area (Å²) in [6.45, 7) is 0.158. The number of aromatic nitrogens is 2. The lowest BCUT2D eigenvalue weighted by molar-refractivity contribution is -0.116. The first-order valence-electron chi connectivity index (χ1n) is 9.99. The number of rotatable bonds is 6. The normalized spacial score (nSPS) is 13.1. The van der Waals surface area contributed by atoms with Crippen molar-refractivity contribution < 1.29 is 18.8 Å². The van der Waals surface area contributed by atoms with Crippen molar-refractivity contribution in [1.82, 2.24) is 14.3 Å². The number of nitrogens with zero attached hydrogens (tertiary/aromatic N) is 3. The fourth-order valence-electron chi connectivity index (χ4n) is 3.75. The molecule has 0 spiro atoms. The van der Waals surface area contributed by atoms with Crippen LogP contribution in [0.3, 0.4) is 0 Å². The third-order valence-electron chi connectivity index (χ3n) is 5.30. The molecule has 32 heavy (non-hydrogen) atoms. The Balaban J connectivity index is 1.28. The molecule has 1 N–H and O–H groups in total. The molecule has 0 radical (unpaired) electrons. The molecule has 0 unspecified atom stereocenters. The zero-order valence-corrected chi connectivity index (χ0v) is 17.6. The van der Waals surface area contributed by atoms with E-state index in [4.69, 9.17) is 0 Å². The molecule has 7 nitrogen and oxygen atoms in total. The molecule has 0 saturated heterocycles. The minimum atomic E-state index is -0.353. The van der Waals surface area contributed by atoms with Gasteiger partial charge in [-0.25, -0.2) is 9.37 Å². The monoisotopic (exact) mass is 448 g/mol. The highest BCUT2D eigenvalue weighted by molar-refractivity contribution is 7.15. The lowest BCUT2D eigenvalue weighted by Crippen LogP contribution is -2.31. The molecule has 4 aromatic rings. The number of nitrogens with one attached hydrogen (secondary N) is 1. The van der Waals surface area contributed by atoms with Gasteiger partial charge in [0.05, 0.1) is 11.1 Å². The Bertz CT molecular complexity index is 1320. The number of amides is 3. The molecule has 0 aliphatic carbocycles. The maximum atomic E-state index is 13.3. The first-order valence-corrected chi connectivity index (χ1v) is 10.9. The predicted octanol–water partition coefficient (Wildman–Crippen LogP) is 4.22. The van der Waals surface area contributed by atoms with Crippen molar-refractivity contribution >= 4 is 39.8 Å². The van der Waals surface area contributed by atoms with Crippen LogP contribution < -0.4 is 5.32 Å². The summed E-state index contributed by atoms with van der Waals surface area (Å²) in [6, 6.07) is 12.6. The van der Waals surface area contributed by atoms with E-state index in [9.17, 15) is 18.8 Å². The van der Waals surface area contributed by atoms with Gasteiger partial charge in [-0.1, -0.05) is 12.1 Å². The number of hydrogen-bond acceptors (Lipinski definition) is 5. The smallest absolute Gasteiger partial charge is 0.261 e. The predicted molar refractivity (Wildman–Crippen MR) is 118 cm³/mol.